The lowest BCUT2D eigenvalue weighted by molar-refractivity contribution is -0.0498. The van der Waals surface area contributed by atoms with Crippen LogP contribution in [0.25, 0.3) is 0 Å². The second-order valence-corrected chi connectivity index (χ2v) is 7.30. The van der Waals surface area contributed by atoms with Gasteiger partial charge in [0, 0.05) is 11.4 Å². The first-order chi connectivity index (χ1) is 15.5. The third-order valence-corrected chi connectivity index (χ3v) is 4.92. The molecular formula is C22H22F2N4O4. The highest BCUT2D eigenvalue weighted by Gasteiger charge is 2.17. The van der Waals surface area contributed by atoms with E-state index in [1.165, 1.54) is 43.5 Å². The van der Waals surface area contributed by atoms with Crippen LogP contribution in [0.1, 0.15) is 42.8 Å². The number of halogens is 2. The lowest BCUT2D eigenvalue weighted by Gasteiger charge is -2.23. The van der Waals surface area contributed by atoms with E-state index in [0.717, 1.165) is 18.6 Å². The summed E-state index contributed by atoms with van der Waals surface area (Å²) in [5, 5.41) is 13.0. The molecule has 32 heavy (non-hydrogen) atoms. The van der Waals surface area contributed by atoms with E-state index in [2.05, 4.69) is 25.6 Å². The number of nitrogens with one attached hydrogen (secondary N) is 2. The predicted molar refractivity (Wildman–Crippen MR) is 113 cm³/mol. The Morgan fingerprint density at radius 3 is 2.28 bits per heavy atom. The van der Waals surface area contributed by atoms with Crippen LogP contribution in [0.5, 0.6) is 11.5 Å². The van der Waals surface area contributed by atoms with E-state index >= 15 is 0 Å². The first-order valence-corrected chi connectivity index (χ1v) is 10.3. The number of nitrogens with zero attached hydrogens (tertiary/aromatic N) is 2. The molecule has 1 aliphatic carbocycles. The van der Waals surface area contributed by atoms with Gasteiger partial charge < -0.3 is 24.5 Å². The lowest BCUT2D eigenvalue weighted by Crippen LogP contribution is -2.19. The van der Waals surface area contributed by atoms with Gasteiger partial charge in [0.1, 0.15) is 11.5 Å². The highest BCUT2D eigenvalue weighted by Crippen LogP contribution is 2.25. The Morgan fingerprint density at radius 1 is 0.938 bits per heavy atom. The molecule has 3 aromatic rings. The van der Waals surface area contributed by atoms with Crippen LogP contribution in [-0.4, -0.2) is 28.8 Å². The second-order valence-electron chi connectivity index (χ2n) is 7.30. The van der Waals surface area contributed by atoms with Crippen LogP contribution in [0.4, 0.5) is 26.2 Å². The Hall–Kier alpha value is -3.69. The van der Waals surface area contributed by atoms with Gasteiger partial charge in [-0.2, -0.15) is 8.78 Å². The van der Waals surface area contributed by atoms with Crippen LogP contribution in [0.3, 0.4) is 0 Å². The molecule has 1 fully saturated rings. The fraction of sp³-hybridized carbons (Fsp3) is 0.318. The van der Waals surface area contributed by atoms with Crippen molar-refractivity contribution >= 4 is 23.3 Å². The molecule has 8 nitrogen and oxygen atoms in total. The third-order valence-electron chi connectivity index (χ3n) is 4.92. The Balaban J connectivity index is 1.30. The Labute approximate surface area is 182 Å². The zero-order valence-corrected chi connectivity index (χ0v) is 17.1. The van der Waals surface area contributed by atoms with Gasteiger partial charge in [-0.1, -0.05) is 11.5 Å². The summed E-state index contributed by atoms with van der Waals surface area (Å²) in [6.45, 7) is -2.90. The Bertz CT molecular complexity index is 1020. The van der Waals surface area contributed by atoms with Crippen molar-refractivity contribution in [2.24, 2.45) is 0 Å². The molecule has 1 amide bonds. The molecule has 10 heteroatoms. The summed E-state index contributed by atoms with van der Waals surface area (Å²) in [7, 11) is 0. The molecule has 4 rings (SSSR count). The maximum atomic E-state index is 12.4. The quantitative estimate of drug-likeness (QED) is 0.481. The van der Waals surface area contributed by atoms with Gasteiger partial charge in [0.25, 0.3) is 0 Å². The van der Waals surface area contributed by atoms with E-state index in [1.54, 1.807) is 12.1 Å². The molecule has 0 unspecified atom stereocenters. The number of hydrogen-bond donors (Lipinski definition) is 2. The highest BCUT2D eigenvalue weighted by molar-refractivity contribution is 6.00. The van der Waals surface area contributed by atoms with Crippen LogP contribution < -0.4 is 20.1 Å². The Kier molecular flexibility index (Phi) is 6.78. The molecule has 0 atom stereocenters. The molecule has 1 saturated carbocycles. The molecule has 0 bridgehead atoms. The largest absolute Gasteiger partial charge is 0.490 e. The van der Waals surface area contributed by atoms with E-state index < -0.39 is 12.5 Å². The average Bonchev–Trinajstić information content (AvgIpc) is 3.26. The van der Waals surface area contributed by atoms with Gasteiger partial charge in [-0.05, 0) is 74.2 Å². The smallest absolute Gasteiger partial charge is 0.387 e. The van der Waals surface area contributed by atoms with Crippen molar-refractivity contribution in [2.75, 3.05) is 10.6 Å². The van der Waals surface area contributed by atoms with Crippen molar-refractivity contribution in [2.45, 2.75) is 44.8 Å². The van der Waals surface area contributed by atoms with Gasteiger partial charge in [0.2, 0.25) is 0 Å². The van der Waals surface area contributed by atoms with Crippen LogP contribution in [0.15, 0.2) is 52.9 Å². The number of rotatable bonds is 8. The number of carbonyl (C=O) groups excluding carboxylic acids is 1. The molecule has 2 N–H and O–H groups in total. The SMILES string of the molecule is O=C(Nc1ccc(OC2CCCCC2)cc1)c1nnc(Nc2ccc(OC(F)F)cc2)o1. The van der Waals surface area contributed by atoms with E-state index in [-0.39, 0.29) is 23.8 Å². The van der Waals surface area contributed by atoms with Crippen molar-refractivity contribution in [1.82, 2.24) is 10.2 Å². The minimum absolute atomic E-state index is 0.0195. The third kappa shape index (κ3) is 5.93. The summed E-state index contributed by atoms with van der Waals surface area (Å²) in [5.41, 5.74) is 1.06. The van der Waals surface area contributed by atoms with Crippen LogP contribution in [0.2, 0.25) is 0 Å². The molecule has 168 valence electrons. The van der Waals surface area contributed by atoms with Crippen LogP contribution in [0, 0.1) is 0 Å². The molecule has 2 aromatic carbocycles. The summed E-state index contributed by atoms with van der Waals surface area (Å²) in [6.07, 6.45) is 6.04. The first kappa shape index (κ1) is 21.5. The number of anilines is 3. The number of benzene rings is 2. The molecular weight excluding hydrogens is 422 g/mol. The topological polar surface area (TPSA) is 98.5 Å². The molecule has 0 aliphatic heterocycles. The highest BCUT2D eigenvalue weighted by atomic mass is 19.3. The fourth-order valence-electron chi connectivity index (χ4n) is 3.39. The van der Waals surface area contributed by atoms with E-state index in [9.17, 15) is 13.6 Å². The number of ether oxygens (including phenoxy) is 2. The molecule has 1 aromatic heterocycles. The van der Waals surface area contributed by atoms with Crippen molar-refractivity contribution in [1.29, 1.82) is 0 Å². The monoisotopic (exact) mass is 444 g/mol. The summed E-state index contributed by atoms with van der Waals surface area (Å²) in [4.78, 5) is 12.4. The Morgan fingerprint density at radius 2 is 1.59 bits per heavy atom. The zero-order valence-electron chi connectivity index (χ0n) is 17.1. The molecule has 1 aliphatic rings. The number of carbonyl (C=O) groups is 1. The summed E-state index contributed by atoms with van der Waals surface area (Å²) in [6, 6.07) is 12.8. The van der Waals surface area contributed by atoms with Gasteiger partial charge in [0.15, 0.2) is 0 Å². The van der Waals surface area contributed by atoms with Gasteiger partial charge in [-0.15, -0.1) is 5.10 Å². The maximum Gasteiger partial charge on any atom is 0.387 e. The van der Waals surface area contributed by atoms with Gasteiger partial charge >= 0.3 is 24.4 Å². The number of alkyl halides is 2. The van der Waals surface area contributed by atoms with E-state index in [0.29, 0.717) is 11.4 Å². The fourth-order valence-corrected chi connectivity index (χ4v) is 3.39. The van der Waals surface area contributed by atoms with Crippen LogP contribution >= 0.6 is 0 Å². The summed E-state index contributed by atoms with van der Waals surface area (Å²) >= 11 is 0. The van der Waals surface area contributed by atoms with E-state index in [4.69, 9.17) is 9.15 Å². The van der Waals surface area contributed by atoms with Crippen molar-refractivity contribution in [3.8, 4) is 11.5 Å². The maximum absolute atomic E-state index is 12.4. The van der Waals surface area contributed by atoms with Gasteiger partial charge in [0.05, 0.1) is 6.10 Å². The number of amides is 1. The first-order valence-electron chi connectivity index (χ1n) is 10.3. The van der Waals surface area contributed by atoms with Crippen molar-refractivity contribution in [3.05, 3.63) is 54.4 Å². The van der Waals surface area contributed by atoms with Crippen molar-refractivity contribution in [3.63, 3.8) is 0 Å². The second kappa shape index (κ2) is 10.1. The normalized spacial score (nSPS) is 14.2. The lowest BCUT2D eigenvalue weighted by atomic mass is 9.98. The van der Waals surface area contributed by atoms with Gasteiger partial charge in [-0.3, -0.25) is 4.79 Å². The van der Waals surface area contributed by atoms with Crippen LogP contribution in [-0.2, 0) is 0 Å². The zero-order chi connectivity index (χ0) is 22.3. The molecule has 0 saturated heterocycles. The van der Waals surface area contributed by atoms with Gasteiger partial charge in [-0.25, -0.2) is 0 Å². The summed E-state index contributed by atoms with van der Waals surface area (Å²) < 4.78 is 40.0. The standard InChI is InChI=1S/C22H22F2N4O4/c23-21(24)31-18-12-8-15(9-13-18)26-22-28-27-20(32-22)19(29)25-14-6-10-17(11-7-14)30-16-4-2-1-3-5-16/h6-13,16,21H,1-5H2,(H,25,29)(H,26,28). The average molecular weight is 444 g/mol. The molecule has 1 heterocycles. The molecule has 0 spiro atoms. The van der Waals surface area contributed by atoms with Crippen molar-refractivity contribution < 1.29 is 27.5 Å². The number of hydrogen-bond acceptors (Lipinski definition) is 7. The van der Waals surface area contributed by atoms with E-state index in [1.807, 2.05) is 12.1 Å². The molecule has 0 radical (unpaired) electrons. The predicted octanol–water partition coefficient (Wildman–Crippen LogP) is 5.38. The minimum atomic E-state index is -2.90. The number of aromatic nitrogens is 2. The minimum Gasteiger partial charge on any atom is -0.490 e. The summed E-state index contributed by atoms with van der Waals surface area (Å²) in [5.74, 6) is -0.00434.